The number of hydrogen-bond donors (Lipinski definition) is 1. The molecule has 192 valence electrons. The Balaban J connectivity index is 1.60. The third kappa shape index (κ3) is 4.95. The minimum absolute atomic E-state index is 0.0662. The van der Waals surface area contributed by atoms with Gasteiger partial charge in [0.25, 0.3) is 5.56 Å². The SMILES string of the molecule is CC1CCCC(n2cnc(-c3cc(Cl)ccc3CC#N)cc2=O)c2cc(ccn2)-c2c(cnn2C)NC1=O. The molecule has 1 aliphatic heterocycles. The second kappa shape index (κ2) is 10.6. The van der Waals surface area contributed by atoms with Crippen LogP contribution in [0.15, 0.2) is 59.9 Å². The van der Waals surface area contributed by atoms with E-state index >= 15 is 0 Å². The first kappa shape index (κ1) is 25.4. The molecule has 5 rings (SSSR count). The van der Waals surface area contributed by atoms with Gasteiger partial charge in [0, 0.05) is 41.4 Å². The van der Waals surface area contributed by atoms with Crippen molar-refractivity contribution in [3.05, 3.63) is 81.8 Å². The number of anilines is 1. The molecular weight excluding hydrogens is 502 g/mol. The van der Waals surface area contributed by atoms with E-state index in [9.17, 15) is 14.9 Å². The number of hydrogen-bond acceptors (Lipinski definition) is 6. The molecule has 38 heavy (non-hydrogen) atoms. The number of rotatable bonds is 3. The molecule has 4 heterocycles. The molecule has 9 nitrogen and oxygen atoms in total. The maximum absolute atomic E-state index is 13.5. The number of aryl methyl sites for hydroxylation is 1. The third-order valence-electron chi connectivity index (χ3n) is 6.94. The Morgan fingerprint density at radius 1 is 1.16 bits per heavy atom. The first-order chi connectivity index (χ1) is 18.4. The van der Waals surface area contributed by atoms with Gasteiger partial charge in [0.05, 0.1) is 53.8 Å². The number of nitrogens with one attached hydrogen (secondary N) is 1. The molecule has 2 unspecified atom stereocenters. The summed E-state index contributed by atoms with van der Waals surface area (Å²) in [5.41, 5.74) is 4.58. The van der Waals surface area contributed by atoms with Crippen LogP contribution in [0.25, 0.3) is 22.5 Å². The number of nitrogens with zero attached hydrogens (tertiary/aromatic N) is 6. The van der Waals surface area contributed by atoms with E-state index in [1.165, 1.54) is 12.4 Å². The van der Waals surface area contributed by atoms with Gasteiger partial charge in [-0.1, -0.05) is 31.0 Å². The molecule has 2 bridgehead atoms. The normalized spacial score (nSPS) is 17.5. The Morgan fingerprint density at radius 2 is 2.00 bits per heavy atom. The number of halogens is 1. The predicted octanol–water partition coefficient (Wildman–Crippen LogP) is 4.77. The first-order valence-corrected chi connectivity index (χ1v) is 12.8. The van der Waals surface area contributed by atoms with Gasteiger partial charge in [-0.15, -0.1) is 0 Å². The molecule has 0 saturated carbocycles. The molecule has 1 aliphatic rings. The minimum atomic E-state index is -0.381. The largest absolute Gasteiger partial charge is 0.323 e. The van der Waals surface area contributed by atoms with Gasteiger partial charge in [-0.25, -0.2) is 4.98 Å². The number of carbonyl (C=O) groups is 1. The van der Waals surface area contributed by atoms with Gasteiger partial charge in [-0.3, -0.25) is 23.8 Å². The quantitative estimate of drug-likeness (QED) is 0.410. The van der Waals surface area contributed by atoms with Gasteiger partial charge in [0.15, 0.2) is 0 Å². The zero-order chi connectivity index (χ0) is 26.8. The van der Waals surface area contributed by atoms with Crippen molar-refractivity contribution in [2.24, 2.45) is 13.0 Å². The summed E-state index contributed by atoms with van der Waals surface area (Å²) in [6.45, 7) is 1.90. The Morgan fingerprint density at radius 3 is 2.79 bits per heavy atom. The van der Waals surface area contributed by atoms with Crippen molar-refractivity contribution < 1.29 is 4.79 Å². The van der Waals surface area contributed by atoms with Crippen molar-refractivity contribution in [2.75, 3.05) is 5.32 Å². The second-order valence-corrected chi connectivity index (χ2v) is 9.93. The Kier molecular flexibility index (Phi) is 7.07. The fourth-order valence-corrected chi connectivity index (χ4v) is 5.07. The molecule has 0 fully saturated rings. The molecule has 2 atom stereocenters. The summed E-state index contributed by atoms with van der Waals surface area (Å²) in [7, 11) is 1.82. The lowest BCUT2D eigenvalue weighted by Gasteiger charge is -2.22. The van der Waals surface area contributed by atoms with Crippen LogP contribution >= 0.6 is 11.6 Å². The molecule has 0 aliphatic carbocycles. The first-order valence-electron chi connectivity index (χ1n) is 12.4. The highest BCUT2D eigenvalue weighted by atomic mass is 35.5. The lowest BCUT2D eigenvalue weighted by atomic mass is 9.97. The topological polar surface area (TPSA) is 118 Å². The highest BCUT2D eigenvalue weighted by Crippen LogP contribution is 2.32. The maximum atomic E-state index is 13.5. The van der Waals surface area contributed by atoms with Crippen LogP contribution in [0.2, 0.25) is 5.02 Å². The van der Waals surface area contributed by atoms with Crippen LogP contribution in [0.4, 0.5) is 5.69 Å². The van der Waals surface area contributed by atoms with Crippen LogP contribution in [0.3, 0.4) is 0 Å². The van der Waals surface area contributed by atoms with E-state index < -0.39 is 0 Å². The average Bonchev–Trinajstić information content (AvgIpc) is 3.27. The van der Waals surface area contributed by atoms with Crippen molar-refractivity contribution in [3.63, 3.8) is 0 Å². The van der Waals surface area contributed by atoms with Crippen molar-refractivity contribution in [1.82, 2.24) is 24.3 Å². The van der Waals surface area contributed by atoms with Crippen LogP contribution < -0.4 is 10.9 Å². The maximum Gasteiger partial charge on any atom is 0.254 e. The molecule has 0 spiro atoms. The standard InChI is InChI=1S/C28H26ClN7O2/c1-17-4-3-5-25(23-12-19(9-11-31-23)27-24(34-28(17)38)15-33-35(27)2)36-16-32-22(14-26(36)37)21-13-20(29)7-6-18(21)8-10-30/h6-7,9,11-17,25H,3-5,8H2,1-2H3,(H,34,38). The molecular formula is C28H26ClN7O2. The summed E-state index contributed by atoms with van der Waals surface area (Å²) in [4.78, 5) is 35.6. The lowest BCUT2D eigenvalue weighted by Crippen LogP contribution is -2.27. The van der Waals surface area contributed by atoms with Gasteiger partial charge in [-0.05, 0) is 42.7 Å². The summed E-state index contributed by atoms with van der Waals surface area (Å²) < 4.78 is 3.30. The summed E-state index contributed by atoms with van der Waals surface area (Å²) in [5.74, 6) is -0.281. The summed E-state index contributed by atoms with van der Waals surface area (Å²) >= 11 is 6.21. The van der Waals surface area contributed by atoms with Gasteiger partial charge >= 0.3 is 0 Å². The zero-order valence-corrected chi connectivity index (χ0v) is 21.8. The third-order valence-corrected chi connectivity index (χ3v) is 7.18. The molecule has 0 radical (unpaired) electrons. The van der Waals surface area contributed by atoms with E-state index in [4.69, 9.17) is 11.6 Å². The van der Waals surface area contributed by atoms with E-state index in [0.717, 1.165) is 22.5 Å². The van der Waals surface area contributed by atoms with Crippen molar-refractivity contribution in [2.45, 2.75) is 38.6 Å². The van der Waals surface area contributed by atoms with Crippen molar-refractivity contribution in [1.29, 1.82) is 5.26 Å². The van der Waals surface area contributed by atoms with Crippen LogP contribution in [-0.4, -0.2) is 30.2 Å². The highest BCUT2D eigenvalue weighted by Gasteiger charge is 2.24. The van der Waals surface area contributed by atoms with Gasteiger partial charge in [0.1, 0.15) is 0 Å². The molecule has 1 aromatic carbocycles. The predicted molar refractivity (Wildman–Crippen MR) is 144 cm³/mol. The van der Waals surface area contributed by atoms with Crippen molar-refractivity contribution >= 4 is 23.2 Å². The number of benzene rings is 1. The fraction of sp³-hybridized carbons (Fsp3) is 0.286. The number of aromatic nitrogens is 5. The average molecular weight is 528 g/mol. The fourth-order valence-electron chi connectivity index (χ4n) is 4.90. The Labute approximate surface area is 224 Å². The monoisotopic (exact) mass is 527 g/mol. The zero-order valence-electron chi connectivity index (χ0n) is 21.1. The van der Waals surface area contributed by atoms with E-state index in [-0.39, 0.29) is 29.8 Å². The van der Waals surface area contributed by atoms with Gasteiger partial charge < -0.3 is 5.32 Å². The van der Waals surface area contributed by atoms with Crippen LogP contribution in [0.1, 0.15) is 43.5 Å². The van der Waals surface area contributed by atoms with Gasteiger partial charge in [0.2, 0.25) is 5.91 Å². The molecule has 1 N–H and O–H groups in total. The van der Waals surface area contributed by atoms with E-state index in [1.807, 2.05) is 26.1 Å². The molecule has 0 saturated heterocycles. The van der Waals surface area contributed by atoms with E-state index in [2.05, 4.69) is 26.5 Å². The molecule has 4 aromatic rings. The highest BCUT2D eigenvalue weighted by molar-refractivity contribution is 6.30. The Hall–Kier alpha value is -4.29. The van der Waals surface area contributed by atoms with Crippen LogP contribution in [0, 0.1) is 17.2 Å². The van der Waals surface area contributed by atoms with Crippen LogP contribution in [0.5, 0.6) is 0 Å². The van der Waals surface area contributed by atoms with E-state index in [1.54, 1.807) is 39.8 Å². The number of fused-ring (bicyclic) bond motifs is 4. The summed E-state index contributed by atoms with van der Waals surface area (Å²) in [5, 5.41) is 17.1. The summed E-state index contributed by atoms with van der Waals surface area (Å²) in [6, 6.07) is 12.3. The van der Waals surface area contributed by atoms with Crippen molar-refractivity contribution in [3.8, 4) is 28.6 Å². The molecule has 1 amide bonds. The number of carbonyl (C=O) groups excluding carboxylic acids is 1. The second-order valence-electron chi connectivity index (χ2n) is 9.49. The van der Waals surface area contributed by atoms with Crippen LogP contribution in [-0.2, 0) is 18.3 Å². The molecule has 3 aromatic heterocycles. The summed E-state index contributed by atoms with van der Waals surface area (Å²) in [6.07, 6.45) is 7.02. The smallest absolute Gasteiger partial charge is 0.254 e. The Bertz CT molecular complexity index is 1620. The molecule has 10 heteroatoms. The number of pyridine rings is 1. The number of amides is 1. The lowest BCUT2D eigenvalue weighted by molar-refractivity contribution is -0.119. The minimum Gasteiger partial charge on any atom is -0.323 e. The van der Waals surface area contributed by atoms with E-state index in [0.29, 0.717) is 41.2 Å². The van der Waals surface area contributed by atoms with Gasteiger partial charge in [-0.2, -0.15) is 10.4 Å². The number of nitriles is 1.